The minimum Gasteiger partial charge on any atom is -0.326 e. The number of amides is 1. The standard InChI is InChI=1S/C19H22N4O/c1-5-17-22-18-12(2)10-13(3)20-19(18)23(17)11-15-6-8-16(9-7-15)21-14(4)24/h6-10H,5,11H2,1-4H3,(H,21,24). The molecule has 0 aliphatic carbocycles. The molecule has 0 aliphatic heterocycles. The number of imidazole rings is 1. The fourth-order valence-corrected chi connectivity index (χ4v) is 2.96. The van der Waals surface area contributed by atoms with Crippen LogP contribution in [0.5, 0.6) is 0 Å². The van der Waals surface area contributed by atoms with E-state index in [0.29, 0.717) is 0 Å². The van der Waals surface area contributed by atoms with E-state index in [-0.39, 0.29) is 5.91 Å². The molecule has 3 rings (SSSR count). The van der Waals surface area contributed by atoms with Crippen LogP contribution in [0.15, 0.2) is 30.3 Å². The van der Waals surface area contributed by atoms with Crippen molar-refractivity contribution in [1.29, 1.82) is 0 Å². The second-order valence-corrected chi connectivity index (χ2v) is 6.10. The van der Waals surface area contributed by atoms with E-state index >= 15 is 0 Å². The Kier molecular flexibility index (Phi) is 4.34. The molecule has 2 heterocycles. The van der Waals surface area contributed by atoms with Gasteiger partial charge in [0, 0.05) is 24.7 Å². The Morgan fingerprint density at radius 2 is 1.88 bits per heavy atom. The zero-order valence-electron chi connectivity index (χ0n) is 14.6. The fraction of sp³-hybridized carbons (Fsp3) is 0.316. The molecule has 3 aromatic rings. The van der Waals surface area contributed by atoms with Crippen LogP contribution in [-0.4, -0.2) is 20.4 Å². The van der Waals surface area contributed by atoms with E-state index in [4.69, 9.17) is 9.97 Å². The van der Waals surface area contributed by atoms with Crippen LogP contribution in [0.4, 0.5) is 5.69 Å². The van der Waals surface area contributed by atoms with E-state index in [2.05, 4.69) is 29.8 Å². The maximum Gasteiger partial charge on any atom is 0.221 e. The van der Waals surface area contributed by atoms with Gasteiger partial charge in [-0.3, -0.25) is 4.79 Å². The summed E-state index contributed by atoms with van der Waals surface area (Å²) in [7, 11) is 0. The van der Waals surface area contributed by atoms with Gasteiger partial charge in [0.15, 0.2) is 5.65 Å². The van der Waals surface area contributed by atoms with Gasteiger partial charge in [-0.25, -0.2) is 9.97 Å². The lowest BCUT2D eigenvalue weighted by atomic mass is 10.2. The van der Waals surface area contributed by atoms with Gasteiger partial charge in [0.05, 0.1) is 6.54 Å². The number of carbonyl (C=O) groups is 1. The molecule has 24 heavy (non-hydrogen) atoms. The number of benzene rings is 1. The third kappa shape index (κ3) is 3.15. The van der Waals surface area contributed by atoms with Gasteiger partial charge in [-0.15, -0.1) is 0 Å². The first-order valence-electron chi connectivity index (χ1n) is 8.17. The van der Waals surface area contributed by atoms with E-state index in [9.17, 15) is 4.79 Å². The summed E-state index contributed by atoms with van der Waals surface area (Å²) in [6, 6.07) is 9.97. The third-order valence-electron chi connectivity index (χ3n) is 4.03. The SMILES string of the molecule is CCc1nc2c(C)cc(C)nc2n1Cc1ccc(NC(C)=O)cc1. The molecule has 1 N–H and O–H groups in total. The van der Waals surface area contributed by atoms with Crippen LogP contribution in [0.2, 0.25) is 0 Å². The van der Waals surface area contributed by atoms with Crippen molar-refractivity contribution in [3.8, 4) is 0 Å². The van der Waals surface area contributed by atoms with Crippen LogP contribution in [0.25, 0.3) is 11.2 Å². The molecule has 0 atom stereocenters. The molecular weight excluding hydrogens is 300 g/mol. The second-order valence-electron chi connectivity index (χ2n) is 6.10. The molecule has 0 unspecified atom stereocenters. The van der Waals surface area contributed by atoms with Crippen molar-refractivity contribution in [3.63, 3.8) is 0 Å². The molecule has 0 aliphatic rings. The molecule has 5 nitrogen and oxygen atoms in total. The number of hydrogen-bond donors (Lipinski definition) is 1. The molecule has 124 valence electrons. The summed E-state index contributed by atoms with van der Waals surface area (Å²) in [4.78, 5) is 20.6. The Morgan fingerprint density at radius 1 is 1.17 bits per heavy atom. The predicted octanol–water partition coefficient (Wildman–Crippen LogP) is 3.62. The first-order chi connectivity index (χ1) is 11.5. The first-order valence-corrected chi connectivity index (χ1v) is 8.17. The average molecular weight is 322 g/mol. The normalized spacial score (nSPS) is 11.0. The van der Waals surface area contributed by atoms with Gasteiger partial charge < -0.3 is 9.88 Å². The number of nitrogens with zero attached hydrogens (tertiary/aromatic N) is 3. The number of aryl methyl sites for hydroxylation is 3. The van der Waals surface area contributed by atoms with Crippen molar-refractivity contribution in [2.45, 2.75) is 40.7 Å². The monoisotopic (exact) mass is 322 g/mol. The Bertz CT molecular complexity index is 894. The molecule has 0 spiro atoms. The summed E-state index contributed by atoms with van der Waals surface area (Å²) >= 11 is 0. The molecule has 0 fully saturated rings. The van der Waals surface area contributed by atoms with Crippen molar-refractivity contribution < 1.29 is 4.79 Å². The van der Waals surface area contributed by atoms with Crippen molar-refractivity contribution in [2.75, 3.05) is 5.32 Å². The number of fused-ring (bicyclic) bond motifs is 1. The van der Waals surface area contributed by atoms with Gasteiger partial charge in [0.25, 0.3) is 0 Å². The van der Waals surface area contributed by atoms with Crippen molar-refractivity contribution in [1.82, 2.24) is 14.5 Å². The molecule has 0 saturated heterocycles. The number of nitrogens with one attached hydrogen (secondary N) is 1. The zero-order valence-corrected chi connectivity index (χ0v) is 14.6. The molecule has 1 amide bonds. The topological polar surface area (TPSA) is 59.8 Å². The maximum atomic E-state index is 11.1. The van der Waals surface area contributed by atoms with E-state index < -0.39 is 0 Å². The molecule has 5 heteroatoms. The third-order valence-corrected chi connectivity index (χ3v) is 4.03. The van der Waals surface area contributed by atoms with Gasteiger partial charge in [-0.1, -0.05) is 19.1 Å². The van der Waals surface area contributed by atoms with E-state index in [0.717, 1.165) is 52.5 Å². The minimum atomic E-state index is -0.0632. The highest BCUT2D eigenvalue weighted by Crippen LogP contribution is 2.21. The summed E-state index contributed by atoms with van der Waals surface area (Å²) in [6.45, 7) is 8.43. The molecule has 0 bridgehead atoms. The maximum absolute atomic E-state index is 11.1. The van der Waals surface area contributed by atoms with Crippen molar-refractivity contribution in [3.05, 3.63) is 53.0 Å². The summed E-state index contributed by atoms with van der Waals surface area (Å²) in [5.74, 6) is 0.976. The van der Waals surface area contributed by atoms with Crippen molar-refractivity contribution >= 4 is 22.8 Å². The molecule has 1 aromatic carbocycles. The number of carbonyl (C=O) groups excluding carboxylic acids is 1. The fourth-order valence-electron chi connectivity index (χ4n) is 2.96. The summed E-state index contributed by atoms with van der Waals surface area (Å²) < 4.78 is 2.18. The summed E-state index contributed by atoms with van der Waals surface area (Å²) in [6.07, 6.45) is 0.860. The highest BCUT2D eigenvalue weighted by atomic mass is 16.1. The van der Waals surface area contributed by atoms with E-state index in [1.165, 1.54) is 6.92 Å². The quantitative estimate of drug-likeness (QED) is 0.798. The lowest BCUT2D eigenvalue weighted by Gasteiger charge is -2.09. The highest BCUT2D eigenvalue weighted by Gasteiger charge is 2.13. The Labute approximate surface area is 141 Å². The Balaban J connectivity index is 1.98. The summed E-state index contributed by atoms with van der Waals surface area (Å²) in [5.41, 5.74) is 6.04. The lowest BCUT2D eigenvalue weighted by Crippen LogP contribution is -2.07. The number of hydrogen-bond acceptors (Lipinski definition) is 3. The van der Waals surface area contributed by atoms with Gasteiger partial charge >= 0.3 is 0 Å². The predicted molar refractivity (Wildman–Crippen MR) is 96.2 cm³/mol. The second kappa shape index (κ2) is 6.43. The van der Waals surface area contributed by atoms with Gasteiger partial charge in [0.2, 0.25) is 5.91 Å². The lowest BCUT2D eigenvalue weighted by molar-refractivity contribution is -0.114. The van der Waals surface area contributed by atoms with Crippen LogP contribution >= 0.6 is 0 Å². The van der Waals surface area contributed by atoms with Gasteiger partial charge in [-0.2, -0.15) is 0 Å². The number of rotatable bonds is 4. The summed E-state index contributed by atoms with van der Waals surface area (Å²) in [5, 5.41) is 2.79. The highest BCUT2D eigenvalue weighted by molar-refractivity contribution is 5.88. The van der Waals surface area contributed by atoms with E-state index in [1.54, 1.807) is 0 Å². The number of anilines is 1. The zero-order chi connectivity index (χ0) is 17.3. The Morgan fingerprint density at radius 3 is 2.50 bits per heavy atom. The van der Waals surface area contributed by atoms with Gasteiger partial charge in [0.1, 0.15) is 11.3 Å². The van der Waals surface area contributed by atoms with Crippen LogP contribution in [0, 0.1) is 13.8 Å². The van der Waals surface area contributed by atoms with Crippen molar-refractivity contribution in [2.24, 2.45) is 0 Å². The molecule has 0 radical (unpaired) electrons. The Hall–Kier alpha value is -2.69. The van der Waals surface area contributed by atoms with Crippen LogP contribution in [-0.2, 0) is 17.8 Å². The first kappa shape index (κ1) is 16.2. The van der Waals surface area contributed by atoms with E-state index in [1.807, 2.05) is 31.2 Å². The van der Waals surface area contributed by atoms with Gasteiger partial charge in [-0.05, 0) is 43.2 Å². The molecule has 2 aromatic heterocycles. The number of aromatic nitrogens is 3. The van der Waals surface area contributed by atoms with Crippen LogP contribution in [0.1, 0.15) is 36.5 Å². The van der Waals surface area contributed by atoms with Crippen LogP contribution < -0.4 is 5.32 Å². The largest absolute Gasteiger partial charge is 0.326 e. The smallest absolute Gasteiger partial charge is 0.221 e. The molecule has 0 saturated carbocycles. The van der Waals surface area contributed by atoms with Crippen LogP contribution in [0.3, 0.4) is 0 Å². The number of pyridine rings is 1. The minimum absolute atomic E-state index is 0.0632. The molecular formula is C19H22N4O. The average Bonchev–Trinajstić information content (AvgIpc) is 2.87.